The molecule has 0 amide bonds. The minimum atomic E-state index is -0.452. The first-order chi connectivity index (χ1) is 12.0. The Bertz CT molecular complexity index is 819. The minimum Gasteiger partial charge on any atom is -0.462 e. The maximum Gasteiger partial charge on any atom is 0.338 e. The molecular weight excluding hydrogens is 346 g/mol. The number of esters is 1. The fourth-order valence-corrected chi connectivity index (χ4v) is 1.99. The predicted molar refractivity (Wildman–Crippen MR) is 95.1 cm³/mol. The van der Waals surface area contributed by atoms with Gasteiger partial charge in [-0.2, -0.15) is 5.10 Å². The topological polar surface area (TPSA) is 125 Å². The van der Waals surface area contributed by atoms with Crippen LogP contribution in [0.3, 0.4) is 0 Å². The zero-order valence-corrected chi connectivity index (χ0v) is 14.1. The smallest absolute Gasteiger partial charge is 0.338 e. The quantitative estimate of drug-likeness (QED) is 0.352. The van der Waals surface area contributed by atoms with Gasteiger partial charge in [-0.3, -0.25) is 0 Å². The van der Waals surface area contributed by atoms with Crippen LogP contribution in [0.5, 0.6) is 11.6 Å². The van der Waals surface area contributed by atoms with E-state index >= 15 is 0 Å². The Labute approximate surface area is 149 Å². The van der Waals surface area contributed by atoms with Crippen molar-refractivity contribution in [3.63, 3.8) is 0 Å². The Hall–Kier alpha value is -3.13. The molecule has 4 N–H and O–H groups in total. The number of benzene rings is 1. The lowest BCUT2D eigenvalue weighted by atomic mass is 10.2. The monoisotopic (exact) mass is 361 g/mol. The number of aromatic nitrogens is 1. The van der Waals surface area contributed by atoms with Crippen LogP contribution in [-0.4, -0.2) is 29.7 Å². The van der Waals surface area contributed by atoms with E-state index in [4.69, 9.17) is 32.5 Å². The Kier molecular flexibility index (Phi) is 6.30. The van der Waals surface area contributed by atoms with Gasteiger partial charge in [-0.25, -0.2) is 9.78 Å². The molecule has 9 heteroatoms. The van der Waals surface area contributed by atoms with Crippen LogP contribution in [-0.2, 0) is 4.74 Å². The summed E-state index contributed by atoms with van der Waals surface area (Å²) in [6, 6.07) is 7.98. The molecule has 0 radical (unpaired) electrons. The molecule has 1 aromatic carbocycles. The summed E-state index contributed by atoms with van der Waals surface area (Å²) < 4.78 is 10.5. The molecule has 8 nitrogen and oxygen atoms in total. The van der Waals surface area contributed by atoms with Gasteiger partial charge in [-0.05, 0) is 36.8 Å². The number of carbonyl (C=O) groups is 1. The van der Waals surface area contributed by atoms with Crippen LogP contribution in [0.15, 0.2) is 46.7 Å². The van der Waals surface area contributed by atoms with Gasteiger partial charge in [0.15, 0.2) is 0 Å². The Balaban J connectivity index is 2.15. The Morgan fingerprint density at radius 2 is 2.12 bits per heavy atom. The fourth-order valence-electron chi connectivity index (χ4n) is 1.76. The molecule has 0 saturated heterocycles. The number of rotatable bonds is 6. The molecule has 2 rings (SSSR count). The first-order valence-electron chi connectivity index (χ1n) is 7.22. The molecule has 0 atom stereocenters. The third kappa shape index (κ3) is 5.47. The number of carbonyl (C=O) groups excluding carboxylic acids is 1. The van der Waals surface area contributed by atoms with Gasteiger partial charge in [0.05, 0.1) is 23.4 Å². The first kappa shape index (κ1) is 18.2. The van der Waals surface area contributed by atoms with Crippen LogP contribution in [0.2, 0.25) is 5.02 Å². The minimum absolute atomic E-state index is 0.144. The molecule has 0 saturated carbocycles. The van der Waals surface area contributed by atoms with E-state index in [0.29, 0.717) is 21.9 Å². The molecule has 2 aromatic rings. The molecule has 0 aliphatic carbocycles. The summed E-state index contributed by atoms with van der Waals surface area (Å²) in [4.78, 5) is 15.8. The highest BCUT2D eigenvalue weighted by Gasteiger charge is 2.10. The molecular formula is C16H16ClN5O3. The number of nitrogens with two attached hydrogens (primary N) is 2. The van der Waals surface area contributed by atoms with Crippen LogP contribution < -0.4 is 16.2 Å². The number of halogens is 1. The van der Waals surface area contributed by atoms with Crippen LogP contribution >= 0.6 is 11.6 Å². The van der Waals surface area contributed by atoms with Gasteiger partial charge in [0, 0.05) is 12.3 Å². The van der Waals surface area contributed by atoms with Crippen molar-refractivity contribution in [2.45, 2.75) is 6.92 Å². The molecule has 130 valence electrons. The van der Waals surface area contributed by atoms with Crippen LogP contribution in [0.1, 0.15) is 22.8 Å². The zero-order chi connectivity index (χ0) is 18.2. The van der Waals surface area contributed by atoms with E-state index in [-0.39, 0.29) is 18.4 Å². The van der Waals surface area contributed by atoms with E-state index in [1.54, 1.807) is 25.1 Å². The molecule has 0 aliphatic rings. The fraction of sp³-hybridized carbons (Fsp3) is 0.125. The summed E-state index contributed by atoms with van der Waals surface area (Å²) in [5, 5.41) is 7.52. The Morgan fingerprint density at radius 1 is 1.32 bits per heavy atom. The standard InChI is InChI=1S/C16H16ClN5O3/c1-2-24-15(23)11-5-6-20-14(8-11)25-13-4-3-10(7-12(13)17)9-21-22-16(18)19/h3-9H,2H2,1H3,(H4,18,19,22). The number of hydrogen-bond acceptors (Lipinski definition) is 6. The SMILES string of the molecule is CCOC(=O)c1ccnc(Oc2ccc(C=NN=C(N)N)cc2Cl)c1. The summed E-state index contributed by atoms with van der Waals surface area (Å²) in [6.07, 6.45) is 2.89. The average Bonchev–Trinajstić information content (AvgIpc) is 2.57. The van der Waals surface area contributed by atoms with Crippen molar-refractivity contribution in [1.82, 2.24) is 4.98 Å². The van der Waals surface area contributed by atoms with E-state index in [1.165, 1.54) is 24.5 Å². The van der Waals surface area contributed by atoms with Gasteiger partial charge in [0.2, 0.25) is 11.8 Å². The molecule has 0 bridgehead atoms. The van der Waals surface area contributed by atoms with Crippen molar-refractivity contribution < 1.29 is 14.3 Å². The van der Waals surface area contributed by atoms with Crippen molar-refractivity contribution in [1.29, 1.82) is 0 Å². The highest BCUT2D eigenvalue weighted by molar-refractivity contribution is 6.32. The van der Waals surface area contributed by atoms with E-state index in [9.17, 15) is 4.79 Å². The van der Waals surface area contributed by atoms with Gasteiger partial charge in [-0.1, -0.05) is 11.6 Å². The van der Waals surface area contributed by atoms with E-state index in [1.807, 2.05) is 0 Å². The van der Waals surface area contributed by atoms with E-state index < -0.39 is 5.97 Å². The summed E-state index contributed by atoms with van der Waals surface area (Å²) in [5.41, 5.74) is 11.4. The maximum absolute atomic E-state index is 11.7. The highest BCUT2D eigenvalue weighted by atomic mass is 35.5. The number of hydrogen-bond donors (Lipinski definition) is 2. The third-order valence-electron chi connectivity index (χ3n) is 2.80. The summed E-state index contributed by atoms with van der Waals surface area (Å²) >= 11 is 6.18. The second-order valence-corrected chi connectivity index (χ2v) is 5.07. The second-order valence-electron chi connectivity index (χ2n) is 4.66. The van der Waals surface area contributed by atoms with Gasteiger partial charge in [-0.15, -0.1) is 5.10 Å². The molecule has 0 fully saturated rings. The lowest BCUT2D eigenvalue weighted by molar-refractivity contribution is 0.0526. The van der Waals surface area contributed by atoms with Crippen molar-refractivity contribution in [3.05, 3.63) is 52.7 Å². The van der Waals surface area contributed by atoms with Gasteiger partial charge in [0.1, 0.15) is 5.75 Å². The second kappa shape index (κ2) is 8.65. The third-order valence-corrected chi connectivity index (χ3v) is 3.09. The summed E-state index contributed by atoms with van der Waals surface area (Å²) in [5.74, 6) is -0.00876. The van der Waals surface area contributed by atoms with Crippen LogP contribution in [0.4, 0.5) is 0 Å². The maximum atomic E-state index is 11.7. The largest absolute Gasteiger partial charge is 0.462 e. The van der Waals surface area contributed by atoms with Crippen LogP contribution in [0, 0.1) is 0 Å². The van der Waals surface area contributed by atoms with Gasteiger partial charge in [0.25, 0.3) is 0 Å². The number of nitrogens with zero attached hydrogens (tertiary/aromatic N) is 3. The predicted octanol–water partition coefficient (Wildman–Crippen LogP) is 2.31. The summed E-state index contributed by atoms with van der Waals surface area (Å²) in [6.45, 7) is 2.01. The normalized spacial score (nSPS) is 10.5. The number of pyridine rings is 1. The number of ether oxygens (including phenoxy) is 2. The van der Waals surface area contributed by atoms with Gasteiger partial charge >= 0.3 is 5.97 Å². The summed E-state index contributed by atoms with van der Waals surface area (Å²) in [7, 11) is 0. The zero-order valence-electron chi connectivity index (χ0n) is 13.3. The average molecular weight is 362 g/mol. The molecule has 25 heavy (non-hydrogen) atoms. The molecule has 0 spiro atoms. The molecule has 0 aliphatic heterocycles. The first-order valence-corrected chi connectivity index (χ1v) is 7.60. The lowest BCUT2D eigenvalue weighted by Crippen LogP contribution is -2.21. The van der Waals surface area contributed by atoms with E-state index in [2.05, 4.69) is 15.2 Å². The van der Waals surface area contributed by atoms with Crippen molar-refractivity contribution in [3.8, 4) is 11.6 Å². The number of guanidine groups is 1. The van der Waals surface area contributed by atoms with Crippen LogP contribution in [0.25, 0.3) is 0 Å². The lowest BCUT2D eigenvalue weighted by Gasteiger charge is -2.08. The Morgan fingerprint density at radius 3 is 2.80 bits per heavy atom. The molecule has 1 heterocycles. The van der Waals surface area contributed by atoms with Crippen molar-refractivity contribution >= 4 is 29.7 Å². The highest BCUT2D eigenvalue weighted by Crippen LogP contribution is 2.29. The molecule has 0 unspecified atom stereocenters. The van der Waals surface area contributed by atoms with E-state index in [0.717, 1.165) is 0 Å². The van der Waals surface area contributed by atoms with Crippen molar-refractivity contribution in [2.24, 2.45) is 21.7 Å². The van der Waals surface area contributed by atoms with Gasteiger partial charge < -0.3 is 20.9 Å². The van der Waals surface area contributed by atoms with Crippen molar-refractivity contribution in [2.75, 3.05) is 6.61 Å². The molecule has 1 aromatic heterocycles.